The van der Waals surface area contributed by atoms with Gasteiger partial charge in [0.2, 0.25) is 0 Å². The number of nitrogens with one attached hydrogen (secondary N) is 1. The third-order valence-electron chi connectivity index (χ3n) is 4.28. The Labute approximate surface area is 94.4 Å². The van der Waals surface area contributed by atoms with Gasteiger partial charge in [-0.2, -0.15) is 0 Å². The minimum Gasteiger partial charge on any atom is -0.313 e. The second kappa shape index (κ2) is 5.31. The lowest BCUT2D eigenvalue weighted by atomic mass is 9.92. The van der Waals surface area contributed by atoms with E-state index >= 15 is 0 Å². The molecular weight excluding hydrogens is 184 g/mol. The summed E-state index contributed by atoms with van der Waals surface area (Å²) in [6.45, 7) is 8.57. The van der Waals surface area contributed by atoms with Crippen molar-refractivity contribution in [2.24, 2.45) is 5.92 Å². The quantitative estimate of drug-likeness (QED) is 0.752. The molecule has 0 aromatic carbocycles. The van der Waals surface area contributed by atoms with Crippen molar-refractivity contribution < 1.29 is 0 Å². The van der Waals surface area contributed by atoms with Gasteiger partial charge < -0.3 is 5.32 Å². The highest BCUT2D eigenvalue weighted by atomic mass is 15.2. The molecule has 15 heavy (non-hydrogen) atoms. The van der Waals surface area contributed by atoms with Gasteiger partial charge in [0.15, 0.2) is 0 Å². The van der Waals surface area contributed by atoms with Crippen molar-refractivity contribution in [2.45, 2.75) is 58.0 Å². The van der Waals surface area contributed by atoms with E-state index < -0.39 is 0 Å². The molecule has 0 spiro atoms. The highest BCUT2D eigenvalue weighted by molar-refractivity contribution is 4.85. The third kappa shape index (κ3) is 2.94. The Hall–Kier alpha value is -0.0800. The molecule has 0 amide bonds. The van der Waals surface area contributed by atoms with Gasteiger partial charge in [-0.05, 0) is 45.1 Å². The first kappa shape index (κ1) is 11.4. The van der Waals surface area contributed by atoms with E-state index in [0.29, 0.717) is 0 Å². The molecule has 0 saturated carbocycles. The summed E-state index contributed by atoms with van der Waals surface area (Å²) in [5.41, 5.74) is 0. The van der Waals surface area contributed by atoms with Crippen LogP contribution in [0, 0.1) is 5.92 Å². The number of nitrogens with zero attached hydrogens (tertiary/aromatic N) is 1. The molecule has 3 atom stereocenters. The summed E-state index contributed by atoms with van der Waals surface area (Å²) in [5, 5.41) is 3.62. The van der Waals surface area contributed by atoms with Crippen molar-refractivity contribution in [3.8, 4) is 0 Å². The molecule has 2 heterocycles. The van der Waals surface area contributed by atoms with Crippen molar-refractivity contribution in [2.75, 3.05) is 19.6 Å². The molecule has 2 rings (SSSR count). The summed E-state index contributed by atoms with van der Waals surface area (Å²) < 4.78 is 0. The first-order valence-corrected chi connectivity index (χ1v) is 6.77. The van der Waals surface area contributed by atoms with Crippen LogP contribution in [0.15, 0.2) is 0 Å². The summed E-state index contributed by atoms with van der Waals surface area (Å²) >= 11 is 0. The molecule has 2 aliphatic rings. The zero-order valence-electron chi connectivity index (χ0n) is 10.3. The lowest BCUT2D eigenvalue weighted by molar-refractivity contribution is 0.0976. The van der Waals surface area contributed by atoms with E-state index in [1.165, 1.54) is 51.7 Å². The molecule has 2 fully saturated rings. The fraction of sp³-hybridized carbons (Fsp3) is 1.00. The van der Waals surface area contributed by atoms with Crippen LogP contribution < -0.4 is 5.32 Å². The molecule has 0 radical (unpaired) electrons. The minimum atomic E-state index is 0.744. The van der Waals surface area contributed by atoms with Crippen molar-refractivity contribution in [1.29, 1.82) is 0 Å². The van der Waals surface area contributed by atoms with E-state index in [1.54, 1.807) is 0 Å². The minimum absolute atomic E-state index is 0.744. The van der Waals surface area contributed by atoms with Gasteiger partial charge >= 0.3 is 0 Å². The Morgan fingerprint density at radius 2 is 2.13 bits per heavy atom. The first-order valence-electron chi connectivity index (χ1n) is 6.77. The average molecular weight is 210 g/mol. The van der Waals surface area contributed by atoms with E-state index in [-0.39, 0.29) is 0 Å². The van der Waals surface area contributed by atoms with Gasteiger partial charge in [-0.1, -0.05) is 13.3 Å². The Kier molecular flexibility index (Phi) is 4.04. The predicted molar refractivity (Wildman–Crippen MR) is 65.1 cm³/mol. The topological polar surface area (TPSA) is 15.3 Å². The standard InChI is InChI=1S/C13H26N2/c1-3-12-5-4-8-15(10-12)13-7-6-11(2)14-9-13/h11-14H,3-10H2,1-2H3. The Balaban J connectivity index is 1.82. The van der Waals surface area contributed by atoms with Crippen LogP contribution >= 0.6 is 0 Å². The van der Waals surface area contributed by atoms with Gasteiger partial charge in [-0.15, -0.1) is 0 Å². The predicted octanol–water partition coefficient (Wildman–Crippen LogP) is 2.25. The molecule has 3 unspecified atom stereocenters. The smallest absolute Gasteiger partial charge is 0.0221 e. The van der Waals surface area contributed by atoms with E-state index in [9.17, 15) is 0 Å². The molecular formula is C13H26N2. The molecule has 2 aliphatic heterocycles. The first-order chi connectivity index (χ1) is 7.29. The number of rotatable bonds is 2. The molecule has 0 aliphatic carbocycles. The Morgan fingerprint density at radius 1 is 1.27 bits per heavy atom. The van der Waals surface area contributed by atoms with Gasteiger partial charge in [0.05, 0.1) is 0 Å². The molecule has 0 aromatic heterocycles. The van der Waals surface area contributed by atoms with E-state index in [2.05, 4.69) is 24.1 Å². The maximum Gasteiger partial charge on any atom is 0.0221 e. The summed E-state index contributed by atoms with van der Waals surface area (Å²) in [6, 6.07) is 1.57. The molecule has 1 N–H and O–H groups in total. The molecule has 0 bridgehead atoms. The maximum atomic E-state index is 3.62. The van der Waals surface area contributed by atoms with E-state index in [4.69, 9.17) is 0 Å². The van der Waals surface area contributed by atoms with Crippen molar-refractivity contribution in [1.82, 2.24) is 10.2 Å². The largest absolute Gasteiger partial charge is 0.313 e. The molecule has 0 aromatic rings. The van der Waals surface area contributed by atoms with Gasteiger partial charge in [0, 0.05) is 25.2 Å². The monoisotopic (exact) mass is 210 g/mol. The lowest BCUT2D eigenvalue weighted by Crippen LogP contribution is -2.51. The van der Waals surface area contributed by atoms with Gasteiger partial charge in [0.25, 0.3) is 0 Å². The lowest BCUT2D eigenvalue weighted by Gasteiger charge is -2.41. The molecule has 2 nitrogen and oxygen atoms in total. The second-order valence-electron chi connectivity index (χ2n) is 5.45. The highest BCUT2D eigenvalue weighted by Crippen LogP contribution is 2.23. The van der Waals surface area contributed by atoms with Crippen molar-refractivity contribution >= 4 is 0 Å². The number of piperidine rings is 2. The SMILES string of the molecule is CCC1CCCN(C2CCC(C)NC2)C1. The molecule has 2 saturated heterocycles. The fourth-order valence-electron chi connectivity index (χ4n) is 3.06. The average Bonchev–Trinajstić information content (AvgIpc) is 2.30. The molecule has 2 heteroatoms. The van der Waals surface area contributed by atoms with Gasteiger partial charge in [0.1, 0.15) is 0 Å². The van der Waals surface area contributed by atoms with Gasteiger partial charge in [-0.3, -0.25) is 4.90 Å². The van der Waals surface area contributed by atoms with Crippen LogP contribution in [0.1, 0.15) is 46.0 Å². The van der Waals surface area contributed by atoms with Crippen molar-refractivity contribution in [3.05, 3.63) is 0 Å². The van der Waals surface area contributed by atoms with Crippen LogP contribution in [-0.2, 0) is 0 Å². The number of hydrogen-bond acceptors (Lipinski definition) is 2. The number of hydrogen-bond donors (Lipinski definition) is 1. The third-order valence-corrected chi connectivity index (χ3v) is 4.28. The van der Waals surface area contributed by atoms with Crippen LogP contribution in [0.25, 0.3) is 0 Å². The van der Waals surface area contributed by atoms with Crippen LogP contribution in [0.2, 0.25) is 0 Å². The van der Waals surface area contributed by atoms with E-state index in [0.717, 1.165) is 18.0 Å². The highest BCUT2D eigenvalue weighted by Gasteiger charge is 2.27. The van der Waals surface area contributed by atoms with Crippen molar-refractivity contribution in [3.63, 3.8) is 0 Å². The van der Waals surface area contributed by atoms with Crippen LogP contribution in [0.3, 0.4) is 0 Å². The van der Waals surface area contributed by atoms with Crippen LogP contribution in [0.5, 0.6) is 0 Å². The Bertz CT molecular complexity index is 185. The maximum absolute atomic E-state index is 3.62. The fourth-order valence-corrected chi connectivity index (χ4v) is 3.06. The zero-order chi connectivity index (χ0) is 10.7. The summed E-state index contributed by atoms with van der Waals surface area (Å²) in [5.74, 6) is 0.970. The normalized spacial score (nSPS) is 39.2. The van der Waals surface area contributed by atoms with Gasteiger partial charge in [-0.25, -0.2) is 0 Å². The summed E-state index contributed by atoms with van der Waals surface area (Å²) in [7, 11) is 0. The molecule has 88 valence electrons. The van der Waals surface area contributed by atoms with Crippen LogP contribution in [-0.4, -0.2) is 36.6 Å². The number of likely N-dealkylation sites (tertiary alicyclic amines) is 1. The zero-order valence-corrected chi connectivity index (χ0v) is 10.3. The summed E-state index contributed by atoms with van der Waals surface area (Å²) in [4.78, 5) is 2.75. The van der Waals surface area contributed by atoms with E-state index in [1.807, 2.05) is 0 Å². The van der Waals surface area contributed by atoms with Crippen LogP contribution in [0.4, 0.5) is 0 Å². The Morgan fingerprint density at radius 3 is 2.80 bits per heavy atom. The second-order valence-corrected chi connectivity index (χ2v) is 5.45. The summed E-state index contributed by atoms with van der Waals surface area (Å²) in [6.07, 6.45) is 7.02.